The molecule has 0 radical (unpaired) electrons. The number of aromatic amines is 1. The second-order valence-corrected chi connectivity index (χ2v) is 10.9. The zero-order valence-corrected chi connectivity index (χ0v) is 22.1. The number of amides is 1. The first-order chi connectivity index (χ1) is 18.9. The van der Waals surface area contributed by atoms with Crippen molar-refractivity contribution >= 4 is 22.6 Å². The van der Waals surface area contributed by atoms with E-state index in [1.165, 1.54) is 18.4 Å². The number of piperidine rings is 1. The molecule has 2 aromatic heterocycles. The summed E-state index contributed by atoms with van der Waals surface area (Å²) in [4.78, 5) is 28.8. The van der Waals surface area contributed by atoms with Crippen LogP contribution in [0.5, 0.6) is 11.5 Å². The Morgan fingerprint density at radius 3 is 2.74 bits per heavy atom. The summed E-state index contributed by atoms with van der Waals surface area (Å²) < 4.78 is 14.8. The third kappa shape index (κ3) is 4.05. The van der Waals surface area contributed by atoms with Crippen LogP contribution < -0.4 is 9.47 Å². The van der Waals surface area contributed by atoms with Crippen molar-refractivity contribution in [3.05, 3.63) is 53.2 Å². The van der Waals surface area contributed by atoms with Crippen molar-refractivity contribution in [2.24, 2.45) is 0 Å². The fourth-order valence-corrected chi connectivity index (χ4v) is 6.09. The normalized spacial score (nSPS) is 18.3. The monoisotopic (exact) mass is 526 g/mol. The molecule has 1 saturated heterocycles. The van der Waals surface area contributed by atoms with Crippen LogP contribution in [0.15, 0.2) is 36.5 Å². The number of benzene rings is 2. The molecule has 0 unspecified atom stereocenters. The molecule has 2 aliphatic heterocycles. The molecule has 39 heavy (non-hydrogen) atoms. The SMILES string of the molecule is CCOc1cc(C(=O)N2CCC3(CC2)CC(=O)c2cc(-c4nnn[nH]4)ccc2O3)cc2c1c(C)cn2C1CC1. The first kappa shape index (κ1) is 23.9. The number of fused-ring (bicyclic) bond motifs is 2. The number of nitrogens with one attached hydrogen (secondary N) is 1. The number of nitrogens with zero attached hydrogens (tertiary/aromatic N) is 5. The second-order valence-electron chi connectivity index (χ2n) is 10.9. The van der Waals surface area contributed by atoms with E-state index in [9.17, 15) is 9.59 Å². The van der Waals surface area contributed by atoms with Crippen molar-refractivity contribution in [3.63, 3.8) is 0 Å². The van der Waals surface area contributed by atoms with E-state index >= 15 is 0 Å². The van der Waals surface area contributed by atoms with Gasteiger partial charge in [-0.25, -0.2) is 5.10 Å². The van der Waals surface area contributed by atoms with Gasteiger partial charge in [0.05, 0.1) is 24.1 Å². The summed E-state index contributed by atoms with van der Waals surface area (Å²) in [6.07, 6.45) is 5.99. The Morgan fingerprint density at radius 1 is 1.21 bits per heavy atom. The molecule has 3 aliphatic rings. The van der Waals surface area contributed by atoms with Gasteiger partial charge in [-0.2, -0.15) is 0 Å². The summed E-state index contributed by atoms with van der Waals surface area (Å²) >= 11 is 0. The zero-order valence-electron chi connectivity index (χ0n) is 22.1. The Balaban J connectivity index is 1.11. The highest BCUT2D eigenvalue weighted by atomic mass is 16.5. The van der Waals surface area contributed by atoms with Crippen molar-refractivity contribution in [1.29, 1.82) is 0 Å². The molecule has 0 atom stereocenters. The molecule has 1 spiro atoms. The molecule has 1 amide bonds. The molecule has 200 valence electrons. The van der Waals surface area contributed by atoms with Crippen molar-refractivity contribution in [1.82, 2.24) is 30.1 Å². The maximum Gasteiger partial charge on any atom is 0.254 e. The summed E-state index contributed by atoms with van der Waals surface area (Å²) in [7, 11) is 0. The highest BCUT2D eigenvalue weighted by Crippen LogP contribution is 2.43. The topological polar surface area (TPSA) is 115 Å². The number of likely N-dealkylation sites (tertiary alicyclic amines) is 1. The van der Waals surface area contributed by atoms with E-state index in [1.54, 1.807) is 6.07 Å². The van der Waals surface area contributed by atoms with Crippen LogP contribution in [0.2, 0.25) is 0 Å². The van der Waals surface area contributed by atoms with Gasteiger partial charge in [-0.1, -0.05) is 0 Å². The zero-order chi connectivity index (χ0) is 26.7. The second kappa shape index (κ2) is 8.93. The van der Waals surface area contributed by atoms with Crippen LogP contribution in [-0.2, 0) is 0 Å². The third-order valence-corrected chi connectivity index (χ3v) is 8.24. The molecule has 10 nitrogen and oxygen atoms in total. The minimum Gasteiger partial charge on any atom is -0.493 e. The van der Waals surface area contributed by atoms with Gasteiger partial charge in [0, 0.05) is 54.7 Å². The highest BCUT2D eigenvalue weighted by Gasteiger charge is 2.44. The highest BCUT2D eigenvalue weighted by molar-refractivity contribution is 6.02. The Hall–Kier alpha value is -4.21. The molecule has 7 rings (SSSR count). The molecule has 1 saturated carbocycles. The molecule has 2 fully saturated rings. The predicted molar refractivity (Wildman–Crippen MR) is 143 cm³/mol. The van der Waals surface area contributed by atoms with Gasteiger partial charge < -0.3 is 18.9 Å². The molecular weight excluding hydrogens is 496 g/mol. The van der Waals surface area contributed by atoms with Crippen LogP contribution in [0.4, 0.5) is 0 Å². The van der Waals surface area contributed by atoms with Crippen LogP contribution >= 0.6 is 0 Å². The number of carbonyl (C=O) groups excluding carboxylic acids is 2. The number of hydrogen-bond acceptors (Lipinski definition) is 7. The summed E-state index contributed by atoms with van der Waals surface area (Å²) in [5, 5.41) is 15.0. The standard InChI is InChI=1S/C29H30N6O4/c1-3-38-25-14-19(13-22-26(25)17(2)16-35(22)20-5-6-20)28(37)34-10-8-29(9-11-34)15-23(36)21-12-18(4-7-24(21)39-29)27-30-32-33-31-27/h4,7,12-14,16,20H,3,5-6,8-11,15H2,1-2H3,(H,30,31,32,33). The van der Waals surface area contributed by atoms with E-state index in [-0.39, 0.29) is 18.1 Å². The van der Waals surface area contributed by atoms with E-state index < -0.39 is 5.60 Å². The van der Waals surface area contributed by atoms with Crippen molar-refractivity contribution in [2.45, 2.75) is 57.6 Å². The van der Waals surface area contributed by atoms with E-state index in [0.717, 1.165) is 22.2 Å². The summed E-state index contributed by atoms with van der Waals surface area (Å²) in [5.74, 6) is 1.87. The quantitative estimate of drug-likeness (QED) is 0.407. The van der Waals surface area contributed by atoms with E-state index in [0.29, 0.717) is 61.3 Å². The van der Waals surface area contributed by atoms with Gasteiger partial charge in [-0.15, -0.1) is 5.10 Å². The summed E-state index contributed by atoms with van der Waals surface area (Å²) in [5.41, 5.74) is 3.55. The van der Waals surface area contributed by atoms with Gasteiger partial charge in [0.1, 0.15) is 17.1 Å². The number of ether oxygens (including phenoxy) is 2. The van der Waals surface area contributed by atoms with Crippen molar-refractivity contribution in [3.8, 4) is 22.9 Å². The summed E-state index contributed by atoms with van der Waals surface area (Å²) in [6, 6.07) is 9.84. The minimum absolute atomic E-state index is 0.0123. The number of H-pyrrole nitrogens is 1. The number of ketones is 1. The third-order valence-electron chi connectivity index (χ3n) is 8.24. The Bertz CT molecular complexity index is 1600. The lowest BCUT2D eigenvalue weighted by Gasteiger charge is -2.44. The number of aryl methyl sites for hydroxylation is 1. The van der Waals surface area contributed by atoms with E-state index in [4.69, 9.17) is 9.47 Å². The van der Waals surface area contributed by atoms with Crippen LogP contribution in [0.3, 0.4) is 0 Å². The first-order valence-electron chi connectivity index (χ1n) is 13.6. The number of hydrogen-bond donors (Lipinski definition) is 1. The minimum atomic E-state index is -0.603. The Labute approximate surface area is 225 Å². The number of aromatic nitrogens is 5. The summed E-state index contributed by atoms with van der Waals surface area (Å²) in [6.45, 7) is 5.65. The first-order valence-corrected chi connectivity index (χ1v) is 13.6. The Morgan fingerprint density at radius 2 is 2.03 bits per heavy atom. The molecule has 2 aromatic carbocycles. The lowest BCUT2D eigenvalue weighted by atomic mass is 9.82. The molecule has 4 aromatic rings. The maximum absolute atomic E-state index is 13.7. The van der Waals surface area contributed by atoms with Gasteiger partial charge >= 0.3 is 0 Å². The Kier molecular flexibility index (Phi) is 5.47. The lowest BCUT2D eigenvalue weighted by molar-refractivity contribution is -0.00570. The molecule has 1 N–H and O–H groups in total. The van der Waals surface area contributed by atoms with E-state index in [1.807, 2.05) is 36.1 Å². The number of carbonyl (C=O) groups is 2. The van der Waals surface area contributed by atoms with Gasteiger partial charge in [0.2, 0.25) is 0 Å². The van der Waals surface area contributed by atoms with Crippen molar-refractivity contribution < 1.29 is 19.1 Å². The number of rotatable bonds is 5. The van der Waals surface area contributed by atoms with E-state index in [2.05, 4.69) is 38.3 Å². The van der Waals surface area contributed by atoms with Crippen LogP contribution in [-0.4, -0.2) is 67.1 Å². The average Bonchev–Trinajstić information content (AvgIpc) is 3.51. The molecule has 10 heteroatoms. The van der Waals surface area contributed by atoms with Gasteiger partial charge in [0.15, 0.2) is 11.6 Å². The molecular formula is C29H30N6O4. The molecule has 1 aliphatic carbocycles. The molecule has 4 heterocycles. The van der Waals surface area contributed by atoms with Crippen molar-refractivity contribution in [2.75, 3.05) is 19.7 Å². The van der Waals surface area contributed by atoms with Crippen LogP contribution in [0.1, 0.15) is 71.3 Å². The van der Waals surface area contributed by atoms with Gasteiger partial charge in [-0.3, -0.25) is 9.59 Å². The number of tetrazole rings is 1. The fraction of sp³-hybridized carbons (Fsp3) is 0.414. The van der Waals surface area contributed by atoms with Crippen LogP contribution in [0, 0.1) is 6.92 Å². The smallest absolute Gasteiger partial charge is 0.254 e. The fourth-order valence-electron chi connectivity index (χ4n) is 6.09. The van der Waals surface area contributed by atoms with Crippen LogP contribution in [0.25, 0.3) is 22.3 Å². The maximum atomic E-state index is 13.7. The predicted octanol–water partition coefficient (Wildman–Crippen LogP) is 4.50. The largest absolute Gasteiger partial charge is 0.493 e. The van der Waals surface area contributed by atoms with Gasteiger partial charge in [-0.05, 0) is 73.0 Å². The van der Waals surface area contributed by atoms with Gasteiger partial charge in [0.25, 0.3) is 5.91 Å². The number of Topliss-reactive ketones (excluding diaryl/α,β-unsaturated/α-hetero) is 1. The lowest BCUT2D eigenvalue weighted by Crippen LogP contribution is -2.52. The molecule has 0 bridgehead atoms. The average molecular weight is 527 g/mol.